The molecule has 5 heteroatoms. The Morgan fingerprint density at radius 1 is 1.29 bits per heavy atom. The Hall–Kier alpha value is -2.14. The molecular formula is C16H14BrN3O. The largest absolute Gasteiger partial charge is 0.361 e. The summed E-state index contributed by atoms with van der Waals surface area (Å²) in [6.07, 6.45) is 9.09. The zero-order chi connectivity index (χ0) is 15.0. The van der Waals surface area contributed by atoms with E-state index in [4.69, 9.17) is 0 Å². The van der Waals surface area contributed by atoms with Gasteiger partial charge in [0.05, 0.1) is 0 Å². The van der Waals surface area contributed by atoms with Gasteiger partial charge in [0, 0.05) is 45.3 Å². The van der Waals surface area contributed by atoms with Gasteiger partial charge in [-0.15, -0.1) is 0 Å². The van der Waals surface area contributed by atoms with Gasteiger partial charge in [-0.3, -0.25) is 4.79 Å². The first-order chi connectivity index (χ1) is 10.1. The zero-order valence-corrected chi connectivity index (χ0v) is 13.3. The molecule has 4 nitrogen and oxygen atoms in total. The Bertz CT molecular complexity index is 858. The van der Waals surface area contributed by atoms with Crippen LogP contribution in [0.1, 0.15) is 34.1 Å². The molecule has 0 aliphatic carbocycles. The van der Waals surface area contributed by atoms with Crippen molar-refractivity contribution in [3.8, 4) is 0 Å². The first-order valence-corrected chi connectivity index (χ1v) is 7.39. The highest BCUT2D eigenvalue weighted by molar-refractivity contribution is 9.10. The van der Waals surface area contributed by atoms with Crippen molar-refractivity contribution in [2.24, 2.45) is 0 Å². The molecule has 0 fully saturated rings. The Kier molecular flexibility index (Phi) is 3.51. The van der Waals surface area contributed by atoms with E-state index in [1.54, 1.807) is 18.6 Å². The van der Waals surface area contributed by atoms with Crippen LogP contribution in [0.25, 0.3) is 17.1 Å². The Labute approximate surface area is 130 Å². The summed E-state index contributed by atoms with van der Waals surface area (Å²) in [7, 11) is 0. The maximum absolute atomic E-state index is 12.8. The summed E-state index contributed by atoms with van der Waals surface area (Å²) in [4.78, 5) is 23.2. The van der Waals surface area contributed by atoms with Crippen molar-refractivity contribution in [1.82, 2.24) is 15.0 Å². The molecule has 106 valence electrons. The second kappa shape index (κ2) is 5.33. The lowest BCUT2D eigenvalue weighted by molar-refractivity contribution is 0.104. The van der Waals surface area contributed by atoms with E-state index in [9.17, 15) is 4.79 Å². The number of hydrogen-bond donors (Lipinski definition) is 2. The molecule has 3 aromatic rings. The van der Waals surface area contributed by atoms with Gasteiger partial charge in [0.25, 0.3) is 0 Å². The highest BCUT2D eigenvalue weighted by atomic mass is 79.9. The number of ketones is 1. The van der Waals surface area contributed by atoms with Crippen molar-refractivity contribution >= 4 is 38.8 Å². The van der Waals surface area contributed by atoms with E-state index in [1.807, 2.05) is 32.1 Å². The average Bonchev–Trinajstić information content (AvgIpc) is 3.03. The number of H-pyrrole nitrogens is 2. The summed E-state index contributed by atoms with van der Waals surface area (Å²) in [6, 6.07) is 1.90. The van der Waals surface area contributed by atoms with Gasteiger partial charge < -0.3 is 9.97 Å². The molecule has 21 heavy (non-hydrogen) atoms. The molecule has 0 saturated heterocycles. The predicted octanol–water partition coefficient (Wildman–Crippen LogP) is 4.23. The van der Waals surface area contributed by atoms with Gasteiger partial charge in [0.1, 0.15) is 5.65 Å². The molecule has 0 aliphatic rings. The SMILES string of the molecule is C/C=C\c1[nH]cc(C(=O)c2c[nH]c3ncc(Br)cc23)c1C. The summed E-state index contributed by atoms with van der Waals surface area (Å²) in [5, 5.41) is 0.822. The van der Waals surface area contributed by atoms with E-state index in [1.165, 1.54) is 0 Å². The van der Waals surface area contributed by atoms with Gasteiger partial charge in [-0.2, -0.15) is 0 Å². The number of fused-ring (bicyclic) bond motifs is 1. The number of aromatic nitrogens is 3. The minimum atomic E-state index is -0.00865. The van der Waals surface area contributed by atoms with E-state index in [2.05, 4.69) is 30.9 Å². The fourth-order valence-electron chi connectivity index (χ4n) is 2.40. The van der Waals surface area contributed by atoms with Crippen LogP contribution in [0.3, 0.4) is 0 Å². The lowest BCUT2D eigenvalue weighted by atomic mass is 10.0. The summed E-state index contributed by atoms with van der Waals surface area (Å²) in [5.74, 6) is -0.00865. The van der Waals surface area contributed by atoms with Gasteiger partial charge >= 0.3 is 0 Å². The van der Waals surface area contributed by atoms with Crippen LogP contribution < -0.4 is 0 Å². The number of halogens is 1. The third kappa shape index (κ3) is 2.34. The van der Waals surface area contributed by atoms with Crippen LogP contribution in [0.5, 0.6) is 0 Å². The number of carbonyl (C=O) groups excluding carboxylic acids is 1. The van der Waals surface area contributed by atoms with E-state index in [0.29, 0.717) is 16.8 Å². The van der Waals surface area contributed by atoms with Gasteiger partial charge in [0.2, 0.25) is 0 Å². The molecule has 0 radical (unpaired) electrons. The van der Waals surface area contributed by atoms with Gasteiger partial charge in [-0.1, -0.05) is 6.08 Å². The fraction of sp³-hybridized carbons (Fsp3) is 0.125. The molecule has 3 aromatic heterocycles. The molecule has 0 spiro atoms. The quantitative estimate of drug-likeness (QED) is 0.699. The van der Waals surface area contributed by atoms with Crippen molar-refractivity contribution in [3.63, 3.8) is 0 Å². The number of allylic oxidation sites excluding steroid dienone is 1. The second-order valence-electron chi connectivity index (χ2n) is 4.82. The lowest BCUT2D eigenvalue weighted by Gasteiger charge is -1.99. The standard InChI is InChI=1S/C16H14BrN3O/c1-3-4-14-9(2)12(7-18-14)15(21)13-8-20-16-11(13)5-10(17)6-19-16/h3-8,18H,1-2H3,(H,19,20)/b4-3-. The third-order valence-corrected chi connectivity index (χ3v) is 3.93. The molecule has 0 aromatic carbocycles. The monoisotopic (exact) mass is 343 g/mol. The van der Waals surface area contributed by atoms with E-state index < -0.39 is 0 Å². The molecule has 0 aliphatic heterocycles. The topological polar surface area (TPSA) is 61.5 Å². The summed E-state index contributed by atoms with van der Waals surface area (Å²) < 4.78 is 0.851. The normalized spacial score (nSPS) is 11.6. The zero-order valence-electron chi connectivity index (χ0n) is 11.7. The Morgan fingerprint density at radius 3 is 2.81 bits per heavy atom. The number of carbonyl (C=O) groups is 1. The molecular weight excluding hydrogens is 330 g/mol. The molecule has 2 N–H and O–H groups in total. The van der Waals surface area contributed by atoms with Crippen molar-refractivity contribution in [2.75, 3.05) is 0 Å². The Morgan fingerprint density at radius 2 is 2.05 bits per heavy atom. The van der Waals surface area contributed by atoms with E-state index in [-0.39, 0.29) is 5.78 Å². The summed E-state index contributed by atoms with van der Waals surface area (Å²) in [6.45, 7) is 3.90. The van der Waals surface area contributed by atoms with Crippen molar-refractivity contribution in [3.05, 3.63) is 57.6 Å². The van der Waals surface area contributed by atoms with Gasteiger partial charge in [0.15, 0.2) is 5.78 Å². The van der Waals surface area contributed by atoms with Crippen LogP contribution in [0, 0.1) is 6.92 Å². The molecule has 0 saturated carbocycles. The first kappa shape index (κ1) is 13.8. The van der Waals surface area contributed by atoms with Crippen LogP contribution in [0.15, 0.2) is 35.2 Å². The highest BCUT2D eigenvalue weighted by Gasteiger charge is 2.18. The number of rotatable bonds is 3. The molecule has 3 rings (SSSR count). The smallest absolute Gasteiger partial charge is 0.197 e. The number of nitrogens with zero attached hydrogens (tertiary/aromatic N) is 1. The number of pyridine rings is 1. The lowest BCUT2D eigenvalue weighted by Crippen LogP contribution is -2.01. The van der Waals surface area contributed by atoms with Crippen LogP contribution in [-0.2, 0) is 0 Å². The van der Waals surface area contributed by atoms with Crippen LogP contribution in [0.2, 0.25) is 0 Å². The number of nitrogens with one attached hydrogen (secondary N) is 2. The van der Waals surface area contributed by atoms with Gasteiger partial charge in [-0.25, -0.2) is 4.98 Å². The van der Waals surface area contributed by atoms with E-state index in [0.717, 1.165) is 21.1 Å². The fourth-order valence-corrected chi connectivity index (χ4v) is 2.73. The van der Waals surface area contributed by atoms with Crippen molar-refractivity contribution < 1.29 is 4.79 Å². The maximum atomic E-state index is 12.8. The maximum Gasteiger partial charge on any atom is 0.197 e. The van der Waals surface area contributed by atoms with Gasteiger partial charge in [-0.05, 0) is 47.5 Å². The highest BCUT2D eigenvalue weighted by Crippen LogP contribution is 2.25. The second-order valence-corrected chi connectivity index (χ2v) is 5.74. The molecule has 0 amide bonds. The third-order valence-electron chi connectivity index (χ3n) is 3.50. The van der Waals surface area contributed by atoms with Crippen molar-refractivity contribution in [2.45, 2.75) is 13.8 Å². The minimum Gasteiger partial charge on any atom is -0.361 e. The first-order valence-electron chi connectivity index (χ1n) is 6.59. The Balaban J connectivity index is 2.10. The molecule has 0 bridgehead atoms. The molecule has 0 unspecified atom stereocenters. The predicted molar refractivity (Wildman–Crippen MR) is 87.5 cm³/mol. The van der Waals surface area contributed by atoms with Crippen LogP contribution in [0.4, 0.5) is 0 Å². The summed E-state index contributed by atoms with van der Waals surface area (Å²) >= 11 is 3.39. The summed E-state index contributed by atoms with van der Waals surface area (Å²) in [5.41, 5.74) is 3.94. The molecule has 3 heterocycles. The van der Waals surface area contributed by atoms with Crippen LogP contribution >= 0.6 is 15.9 Å². The van der Waals surface area contributed by atoms with E-state index >= 15 is 0 Å². The average molecular weight is 344 g/mol. The molecule has 0 atom stereocenters. The van der Waals surface area contributed by atoms with Crippen molar-refractivity contribution in [1.29, 1.82) is 0 Å². The number of hydrogen-bond acceptors (Lipinski definition) is 2. The minimum absolute atomic E-state index is 0.00865. The van der Waals surface area contributed by atoms with Crippen LogP contribution in [-0.4, -0.2) is 20.7 Å². The number of aromatic amines is 2.